The number of hydrogen-bond acceptors (Lipinski definition) is 4. The van der Waals surface area contributed by atoms with Crippen LogP contribution in [0.25, 0.3) is 0 Å². The Kier molecular flexibility index (Phi) is 4.91. The third-order valence-corrected chi connectivity index (χ3v) is 3.90. The topological polar surface area (TPSA) is 97.1 Å². The van der Waals surface area contributed by atoms with Gasteiger partial charge in [-0.2, -0.15) is 0 Å². The van der Waals surface area contributed by atoms with E-state index in [1.807, 2.05) is 13.8 Å². The number of carboxylic acids is 1. The fraction of sp³-hybridized carbons (Fsp3) is 0.286. The third-order valence-electron chi connectivity index (χ3n) is 3.16. The molecule has 0 aliphatic heterocycles. The van der Waals surface area contributed by atoms with Gasteiger partial charge in [0.1, 0.15) is 6.54 Å². The van der Waals surface area contributed by atoms with Crippen molar-refractivity contribution in [3.8, 4) is 0 Å². The molecule has 1 heterocycles. The molecule has 0 radical (unpaired) electrons. The number of amides is 1. The Morgan fingerprint density at radius 1 is 1.30 bits per heavy atom. The molecule has 0 saturated carbocycles. The normalized spacial score (nSPS) is 11.3. The molecule has 23 heavy (non-hydrogen) atoms. The standard InChI is InChI=1S/C14H14Cl2N4O3/c1-14(2,8-3-4-9(15)10(16)5-8)17-12(21)7-20-6-11(13(22)23)18-19-20/h3-6H,7H2,1-2H3,(H,17,21)(H,22,23). The van der Waals surface area contributed by atoms with Crippen molar-refractivity contribution in [2.24, 2.45) is 0 Å². The van der Waals surface area contributed by atoms with Gasteiger partial charge in [0.25, 0.3) is 0 Å². The molecule has 1 amide bonds. The van der Waals surface area contributed by atoms with Gasteiger partial charge in [0, 0.05) is 0 Å². The molecule has 0 bridgehead atoms. The van der Waals surface area contributed by atoms with E-state index in [4.69, 9.17) is 28.3 Å². The summed E-state index contributed by atoms with van der Waals surface area (Å²) in [6.45, 7) is 3.48. The highest BCUT2D eigenvalue weighted by molar-refractivity contribution is 6.42. The number of halogens is 2. The molecular weight excluding hydrogens is 343 g/mol. The fourth-order valence-electron chi connectivity index (χ4n) is 1.97. The first-order valence-corrected chi connectivity index (χ1v) is 7.34. The molecule has 7 nitrogen and oxygen atoms in total. The number of nitrogens with zero attached hydrogens (tertiary/aromatic N) is 3. The van der Waals surface area contributed by atoms with Gasteiger partial charge in [-0.05, 0) is 31.5 Å². The number of benzene rings is 1. The molecule has 2 N–H and O–H groups in total. The van der Waals surface area contributed by atoms with Gasteiger partial charge in [0.2, 0.25) is 5.91 Å². The van der Waals surface area contributed by atoms with Gasteiger partial charge in [-0.25, -0.2) is 9.48 Å². The summed E-state index contributed by atoms with van der Waals surface area (Å²) < 4.78 is 1.16. The number of nitrogens with one attached hydrogen (secondary N) is 1. The maximum atomic E-state index is 12.1. The summed E-state index contributed by atoms with van der Waals surface area (Å²) in [5.41, 5.74) is -0.131. The molecule has 9 heteroatoms. The Bertz CT molecular complexity index is 758. The Balaban J connectivity index is 2.07. The largest absolute Gasteiger partial charge is 0.476 e. The van der Waals surface area contributed by atoms with Crippen LogP contribution < -0.4 is 5.32 Å². The average Bonchev–Trinajstić information content (AvgIpc) is 2.89. The summed E-state index contributed by atoms with van der Waals surface area (Å²) in [6, 6.07) is 5.11. The summed E-state index contributed by atoms with van der Waals surface area (Å²) in [4.78, 5) is 22.9. The lowest BCUT2D eigenvalue weighted by atomic mass is 9.94. The van der Waals surface area contributed by atoms with Crippen LogP contribution in [0, 0.1) is 0 Å². The lowest BCUT2D eigenvalue weighted by Crippen LogP contribution is -2.42. The van der Waals surface area contributed by atoms with Crippen LogP contribution in [0.3, 0.4) is 0 Å². The van der Waals surface area contributed by atoms with Crippen molar-refractivity contribution in [3.63, 3.8) is 0 Å². The molecule has 2 rings (SSSR count). The second kappa shape index (κ2) is 6.55. The molecule has 0 aliphatic carbocycles. The van der Waals surface area contributed by atoms with E-state index in [2.05, 4.69) is 15.6 Å². The number of carboxylic acid groups (broad SMARTS) is 1. The van der Waals surface area contributed by atoms with Crippen molar-refractivity contribution in [2.45, 2.75) is 25.9 Å². The van der Waals surface area contributed by atoms with Crippen LogP contribution in [0.2, 0.25) is 10.0 Å². The van der Waals surface area contributed by atoms with Crippen LogP contribution in [0.4, 0.5) is 0 Å². The van der Waals surface area contributed by atoms with Crippen LogP contribution in [0.1, 0.15) is 29.9 Å². The van der Waals surface area contributed by atoms with Crippen LogP contribution >= 0.6 is 23.2 Å². The van der Waals surface area contributed by atoms with Gasteiger partial charge in [0.05, 0.1) is 21.8 Å². The zero-order chi connectivity index (χ0) is 17.2. The Morgan fingerprint density at radius 3 is 2.57 bits per heavy atom. The number of carbonyl (C=O) groups is 2. The second-order valence-electron chi connectivity index (χ2n) is 5.41. The van der Waals surface area contributed by atoms with Crippen LogP contribution in [-0.4, -0.2) is 32.0 Å². The zero-order valence-corrected chi connectivity index (χ0v) is 13.9. The first kappa shape index (κ1) is 17.2. The number of hydrogen-bond donors (Lipinski definition) is 2. The van der Waals surface area contributed by atoms with E-state index in [1.54, 1.807) is 18.2 Å². The molecule has 1 aromatic carbocycles. The van der Waals surface area contributed by atoms with Crippen LogP contribution in [0.5, 0.6) is 0 Å². The predicted octanol–water partition coefficient (Wildman–Crippen LogP) is 2.33. The monoisotopic (exact) mass is 356 g/mol. The molecule has 0 aliphatic rings. The van der Waals surface area contributed by atoms with Crippen molar-refractivity contribution in [2.75, 3.05) is 0 Å². The quantitative estimate of drug-likeness (QED) is 0.856. The lowest BCUT2D eigenvalue weighted by molar-refractivity contribution is -0.123. The number of aromatic carboxylic acids is 1. The van der Waals surface area contributed by atoms with E-state index in [-0.39, 0.29) is 18.1 Å². The van der Waals surface area contributed by atoms with Crippen molar-refractivity contribution in [3.05, 3.63) is 45.7 Å². The van der Waals surface area contributed by atoms with Crippen LogP contribution in [0.15, 0.2) is 24.4 Å². The van der Waals surface area contributed by atoms with E-state index in [0.717, 1.165) is 10.2 Å². The van der Waals surface area contributed by atoms with E-state index < -0.39 is 11.5 Å². The molecule has 1 aromatic heterocycles. The number of carbonyl (C=O) groups excluding carboxylic acids is 1. The van der Waals surface area contributed by atoms with Gasteiger partial charge in [0.15, 0.2) is 5.69 Å². The Morgan fingerprint density at radius 2 is 2.00 bits per heavy atom. The smallest absolute Gasteiger partial charge is 0.358 e. The minimum atomic E-state index is -1.20. The number of rotatable bonds is 5. The molecule has 0 saturated heterocycles. The SMILES string of the molecule is CC(C)(NC(=O)Cn1cc(C(=O)O)nn1)c1ccc(Cl)c(Cl)c1. The molecule has 0 spiro atoms. The maximum absolute atomic E-state index is 12.1. The fourth-order valence-corrected chi connectivity index (χ4v) is 2.26. The van der Waals surface area contributed by atoms with Crippen molar-refractivity contribution in [1.82, 2.24) is 20.3 Å². The van der Waals surface area contributed by atoms with Gasteiger partial charge in [-0.1, -0.05) is 34.5 Å². The first-order chi connectivity index (χ1) is 10.7. The second-order valence-corrected chi connectivity index (χ2v) is 6.22. The Labute approximate surface area is 142 Å². The zero-order valence-electron chi connectivity index (χ0n) is 12.4. The first-order valence-electron chi connectivity index (χ1n) is 6.59. The van der Waals surface area contributed by atoms with Gasteiger partial charge < -0.3 is 10.4 Å². The van der Waals surface area contributed by atoms with E-state index in [0.29, 0.717) is 10.0 Å². The van der Waals surface area contributed by atoms with Crippen molar-refractivity contribution >= 4 is 35.1 Å². The minimum absolute atomic E-state index is 0.148. The molecule has 0 unspecified atom stereocenters. The minimum Gasteiger partial charge on any atom is -0.476 e. The number of aromatic nitrogens is 3. The summed E-state index contributed by atoms with van der Waals surface area (Å²) in [6.07, 6.45) is 1.19. The summed E-state index contributed by atoms with van der Waals surface area (Å²) in [5.74, 6) is -1.55. The lowest BCUT2D eigenvalue weighted by Gasteiger charge is -2.27. The highest BCUT2D eigenvalue weighted by atomic mass is 35.5. The highest BCUT2D eigenvalue weighted by Gasteiger charge is 2.24. The van der Waals surface area contributed by atoms with E-state index >= 15 is 0 Å². The molecule has 122 valence electrons. The third kappa shape index (κ3) is 4.20. The summed E-state index contributed by atoms with van der Waals surface area (Å²) in [5, 5.41) is 19.5. The van der Waals surface area contributed by atoms with E-state index in [1.165, 1.54) is 6.20 Å². The molecule has 0 atom stereocenters. The predicted molar refractivity (Wildman–Crippen MR) is 84.6 cm³/mol. The Hall–Kier alpha value is -2.12. The summed E-state index contributed by atoms with van der Waals surface area (Å²) >= 11 is 11.9. The van der Waals surface area contributed by atoms with Crippen LogP contribution in [-0.2, 0) is 16.9 Å². The highest BCUT2D eigenvalue weighted by Crippen LogP contribution is 2.28. The van der Waals surface area contributed by atoms with Crippen molar-refractivity contribution in [1.29, 1.82) is 0 Å². The maximum Gasteiger partial charge on any atom is 0.358 e. The van der Waals surface area contributed by atoms with Gasteiger partial charge in [-0.15, -0.1) is 5.10 Å². The molecule has 2 aromatic rings. The van der Waals surface area contributed by atoms with E-state index in [9.17, 15) is 9.59 Å². The van der Waals surface area contributed by atoms with Gasteiger partial charge in [-0.3, -0.25) is 4.79 Å². The molecular formula is C14H14Cl2N4O3. The molecule has 0 fully saturated rings. The van der Waals surface area contributed by atoms with Gasteiger partial charge >= 0.3 is 5.97 Å². The average molecular weight is 357 g/mol. The summed E-state index contributed by atoms with van der Waals surface area (Å²) in [7, 11) is 0. The van der Waals surface area contributed by atoms with Crippen molar-refractivity contribution < 1.29 is 14.7 Å².